The van der Waals surface area contributed by atoms with Crippen molar-refractivity contribution in [1.82, 2.24) is 4.90 Å². The molecule has 2 nitrogen and oxygen atoms in total. The van der Waals surface area contributed by atoms with E-state index in [2.05, 4.69) is 40.9 Å². The van der Waals surface area contributed by atoms with E-state index in [0.29, 0.717) is 0 Å². The summed E-state index contributed by atoms with van der Waals surface area (Å²) in [6.07, 6.45) is 3.87. The van der Waals surface area contributed by atoms with E-state index in [0.717, 1.165) is 23.2 Å². The van der Waals surface area contributed by atoms with Crippen molar-refractivity contribution in [1.29, 1.82) is 0 Å². The molecule has 1 aromatic rings. The molecule has 1 aromatic carbocycles. The molecule has 0 aliphatic carbocycles. The molecule has 3 heteroatoms. The average Bonchev–Trinajstić information content (AvgIpc) is 2.23. The van der Waals surface area contributed by atoms with Crippen LogP contribution in [-0.4, -0.2) is 18.5 Å². The van der Waals surface area contributed by atoms with Crippen LogP contribution < -0.4 is 5.73 Å². The van der Waals surface area contributed by atoms with Crippen LogP contribution in [0.2, 0.25) is 0 Å². The van der Waals surface area contributed by atoms with Gasteiger partial charge < -0.3 is 10.6 Å². The Labute approximate surface area is 107 Å². The number of anilines is 1. The zero-order chi connectivity index (χ0) is 12.0. The summed E-state index contributed by atoms with van der Waals surface area (Å²) in [5.41, 5.74) is 7.82. The lowest BCUT2D eigenvalue weighted by Gasteiger charge is -2.17. The van der Waals surface area contributed by atoms with Crippen LogP contribution in [0.15, 0.2) is 22.7 Å². The van der Waals surface area contributed by atoms with Gasteiger partial charge in [0, 0.05) is 16.7 Å². The number of hydrogen-bond acceptors (Lipinski definition) is 2. The molecule has 90 valence electrons. The third-order valence-corrected chi connectivity index (χ3v) is 3.40. The number of benzene rings is 1. The summed E-state index contributed by atoms with van der Waals surface area (Å²) in [5.74, 6) is 0. The van der Waals surface area contributed by atoms with Crippen molar-refractivity contribution in [2.24, 2.45) is 0 Å². The van der Waals surface area contributed by atoms with Gasteiger partial charge in [-0.2, -0.15) is 0 Å². The number of unbranched alkanes of at least 4 members (excludes halogenated alkanes) is 2. The number of nitrogens with two attached hydrogens (primary N) is 1. The molecular formula is C13H21BrN2. The molecule has 0 bridgehead atoms. The van der Waals surface area contributed by atoms with Gasteiger partial charge in [0.1, 0.15) is 0 Å². The van der Waals surface area contributed by atoms with Gasteiger partial charge in [-0.1, -0.05) is 41.8 Å². The van der Waals surface area contributed by atoms with Gasteiger partial charge in [-0.3, -0.25) is 0 Å². The standard InChI is InChI=1S/C13H21BrN2/c1-3-4-5-8-16(2)10-11-6-7-12(15)9-13(11)14/h6-7,9H,3-5,8,10,15H2,1-2H3. The van der Waals surface area contributed by atoms with Crippen molar-refractivity contribution in [2.75, 3.05) is 19.3 Å². The fraction of sp³-hybridized carbons (Fsp3) is 0.538. The van der Waals surface area contributed by atoms with Crippen molar-refractivity contribution in [2.45, 2.75) is 32.7 Å². The topological polar surface area (TPSA) is 29.3 Å². The molecule has 0 aliphatic heterocycles. The summed E-state index contributed by atoms with van der Waals surface area (Å²) < 4.78 is 1.11. The Morgan fingerprint density at radius 3 is 2.69 bits per heavy atom. The van der Waals surface area contributed by atoms with Gasteiger partial charge in [0.15, 0.2) is 0 Å². The van der Waals surface area contributed by atoms with Gasteiger partial charge >= 0.3 is 0 Å². The van der Waals surface area contributed by atoms with Crippen molar-refractivity contribution in [3.05, 3.63) is 28.2 Å². The van der Waals surface area contributed by atoms with E-state index >= 15 is 0 Å². The van der Waals surface area contributed by atoms with Gasteiger partial charge in [-0.25, -0.2) is 0 Å². The van der Waals surface area contributed by atoms with Crippen LogP contribution >= 0.6 is 15.9 Å². The van der Waals surface area contributed by atoms with E-state index < -0.39 is 0 Å². The van der Waals surface area contributed by atoms with Crippen LogP contribution in [0.3, 0.4) is 0 Å². The van der Waals surface area contributed by atoms with Crippen molar-refractivity contribution in [3.63, 3.8) is 0 Å². The van der Waals surface area contributed by atoms with Crippen molar-refractivity contribution < 1.29 is 0 Å². The minimum absolute atomic E-state index is 0.810. The van der Waals surface area contributed by atoms with E-state index in [1.54, 1.807) is 0 Å². The summed E-state index contributed by atoms with van der Waals surface area (Å²) in [6.45, 7) is 4.37. The highest BCUT2D eigenvalue weighted by atomic mass is 79.9. The summed E-state index contributed by atoms with van der Waals surface area (Å²) >= 11 is 3.55. The third-order valence-electron chi connectivity index (χ3n) is 2.66. The highest BCUT2D eigenvalue weighted by molar-refractivity contribution is 9.10. The average molecular weight is 285 g/mol. The molecule has 0 atom stereocenters. The van der Waals surface area contributed by atoms with Gasteiger partial charge in [0.05, 0.1) is 0 Å². The molecule has 0 heterocycles. The molecule has 0 unspecified atom stereocenters. The predicted octanol–water partition coefficient (Wildman–Crippen LogP) is 3.65. The lowest BCUT2D eigenvalue weighted by molar-refractivity contribution is 0.317. The highest BCUT2D eigenvalue weighted by Crippen LogP contribution is 2.21. The van der Waals surface area contributed by atoms with Crippen molar-refractivity contribution >= 4 is 21.6 Å². The Hall–Kier alpha value is -0.540. The molecule has 0 saturated carbocycles. The fourth-order valence-corrected chi connectivity index (χ4v) is 2.22. The second-order valence-corrected chi connectivity index (χ2v) is 5.15. The summed E-state index contributed by atoms with van der Waals surface area (Å²) in [6, 6.07) is 6.02. The second-order valence-electron chi connectivity index (χ2n) is 4.30. The first-order valence-electron chi connectivity index (χ1n) is 5.86. The quantitative estimate of drug-likeness (QED) is 0.638. The van der Waals surface area contributed by atoms with Gasteiger partial charge in [0.2, 0.25) is 0 Å². The molecule has 16 heavy (non-hydrogen) atoms. The summed E-state index contributed by atoms with van der Waals surface area (Å²) in [5, 5.41) is 0. The lowest BCUT2D eigenvalue weighted by Crippen LogP contribution is -2.19. The van der Waals surface area contributed by atoms with E-state index in [9.17, 15) is 0 Å². The molecule has 0 radical (unpaired) electrons. The van der Waals surface area contributed by atoms with Crippen LogP contribution in [-0.2, 0) is 6.54 Å². The third kappa shape index (κ3) is 4.54. The molecule has 2 N–H and O–H groups in total. The van der Waals surface area contributed by atoms with Crippen LogP contribution in [0.5, 0.6) is 0 Å². The molecule has 1 rings (SSSR count). The van der Waals surface area contributed by atoms with Crippen LogP contribution in [0.25, 0.3) is 0 Å². The minimum atomic E-state index is 0.810. The number of halogens is 1. The van der Waals surface area contributed by atoms with E-state index in [4.69, 9.17) is 5.73 Å². The zero-order valence-electron chi connectivity index (χ0n) is 10.2. The molecular weight excluding hydrogens is 264 g/mol. The Bertz CT molecular complexity index is 326. The van der Waals surface area contributed by atoms with Crippen LogP contribution in [0.1, 0.15) is 31.7 Å². The maximum Gasteiger partial charge on any atom is 0.0325 e. The van der Waals surface area contributed by atoms with Crippen molar-refractivity contribution in [3.8, 4) is 0 Å². The molecule has 0 aromatic heterocycles. The minimum Gasteiger partial charge on any atom is -0.399 e. The monoisotopic (exact) mass is 284 g/mol. The molecule has 0 fully saturated rings. The maximum atomic E-state index is 5.71. The number of rotatable bonds is 6. The van der Waals surface area contributed by atoms with Gasteiger partial charge in [-0.15, -0.1) is 0 Å². The van der Waals surface area contributed by atoms with Crippen LogP contribution in [0, 0.1) is 0 Å². The number of hydrogen-bond donors (Lipinski definition) is 1. The van der Waals surface area contributed by atoms with Gasteiger partial charge in [-0.05, 0) is 37.7 Å². The zero-order valence-corrected chi connectivity index (χ0v) is 11.8. The Balaban J connectivity index is 2.46. The normalized spacial score (nSPS) is 11.0. The Morgan fingerprint density at radius 2 is 2.06 bits per heavy atom. The maximum absolute atomic E-state index is 5.71. The highest BCUT2D eigenvalue weighted by Gasteiger charge is 2.04. The summed E-state index contributed by atoms with van der Waals surface area (Å²) in [4.78, 5) is 2.35. The molecule has 0 amide bonds. The summed E-state index contributed by atoms with van der Waals surface area (Å²) in [7, 11) is 2.17. The first-order valence-corrected chi connectivity index (χ1v) is 6.65. The Kier molecular flexibility index (Phi) is 5.85. The molecule has 0 saturated heterocycles. The molecule has 0 spiro atoms. The largest absolute Gasteiger partial charge is 0.399 e. The second kappa shape index (κ2) is 6.92. The van der Waals surface area contributed by atoms with E-state index in [1.165, 1.54) is 24.8 Å². The van der Waals surface area contributed by atoms with Gasteiger partial charge in [0.25, 0.3) is 0 Å². The Morgan fingerprint density at radius 1 is 1.31 bits per heavy atom. The smallest absolute Gasteiger partial charge is 0.0325 e. The molecule has 0 aliphatic rings. The SMILES string of the molecule is CCCCCN(C)Cc1ccc(N)cc1Br. The first kappa shape index (κ1) is 13.5. The number of nitrogen functional groups attached to an aromatic ring is 1. The van der Waals surface area contributed by atoms with E-state index in [-0.39, 0.29) is 0 Å². The fourth-order valence-electron chi connectivity index (χ4n) is 1.69. The lowest BCUT2D eigenvalue weighted by atomic mass is 10.2. The number of nitrogens with zero attached hydrogens (tertiary/aromatic N) is 1. The first-order chi connectivity index (χ1) is 7.63. The van der Waals surface area contributed by atoms with Crippen LogP contribution in [0.4, 0.5) is 5.69 Å². The van der Waals surface area contributed by atoms with E-state index in [1.807, 2.05) is 12.1 Å². The predicted molar refractivity (Wildman–Crippen MR) is 74.4 cm³/mol.